The summed E-state index contributed by atoms with van der Waals surface area (Å²) >= 11 is 4.91. The molecule has 7 nitrogen and oxygen atoms in total. The van der Waals surface area contributed by atoms with Crippen LogP contribution < -0.4 is 21.5 Å². The highest BCUT2D eigenvalue weighted by Crippen LogP contribution is 2.09. The number of thiocarbonyl (C=S) groups is 1. The number of hydrazine groups is 1. The zero-order valence-corrected chi connectivity index (χ0v) is 14.4. The number of halogens is 1. The molecule has 0 spiro atoms. The fourth-order valence-corrected chi connectivity index (χ4v) is 2.05. The zero-order valence-electron chi connectivity index (χ0n) is 13.6. The van der Waals surface area contributed by atoms with Crippen molar-refractivity contribution in [3.05, 3.63) is 65.5 Å². The molecule has 2 aromatic rings. The Balaban J connectivity index is 1.84. The van der Waals surface area contributed by atoms with Gasteiger partial charge in [0, 0.05) is 23.7 Å². The van der Waals surface area contributed by atoms with Gasteiger partial charge in [-0.25, -0.2) is 4.39 Å². The van der Waals surface area contributed by atoms with E-state index >= 15 is 0 Å². The van der Waals surface area contributed by atoms with Crippen molar-refractivity contribution in [3.63, 3.8) is 0 Å². The van der Waals surface area contributed by atoms with E-state index in [1.54, 1.807) is 12.1 Å². The van der Waals surface area contributed by atoms with Gasteiger partial charge in [0.05, 0.1) is 0 Å². The van der Waals surface area contributed by atoms with Crippen LogP contribution in [-0.2, 0) is 4.79 Å². The van der Waals surface area contributed by atoms with Crippen LogP contribution >= 0.6 is 12.2 Å². The molecular formula is C17H15FN4O3S. The largest absolute Gasteiger partial charge is 0.326 e. The van der Waals surface area contributed by atoms with Crippen LogP contribution in [0.1, 0.15) is 27.6 Å². The molecule has 0 heterocycles. The first-order valence-corrected chi connectivity index (χ1v) is 7.81. The van der Waals surface area contributed by atoms with Crippen molar-refractivity contribution in [2.45, 2.75) is 6.92 Å². The lowest BCUT2D eigenvalue weighted by Gasteiger charge is -2.11. The molecule has 0 unspecified atom stereocenters. The normalized spacial score (nSPS) is 9.77. The first-order valence-electron chi connectivity index (χ1n) is 7.40. The van der Waals surface area contributed by atoms with Gasteiger partial charge in [-0.2, -0.15) is 0 Å². The third-order valence-electron chi connectivity index (χ3n) is 3.09. The van der Waals surface area contributed by atoms with Crippen molar-refractivity contribution in [2.75, 3.05) is 5.32 Å². The number of benzene rings is 2. The van der Waals surface area contributed by atoms with Crippen molar-refractivity contribution in [1.82, 2.24) is 16.2 Å². The number of hydrogen-bond donors (Lipinski definition) is 4. The minimum Gasteiger partial charge on any atom is -0.326 e. The Labute approximate surface area is 153 Å². The van der Waals surface area contributed by atoms with E-state index in [0.717, 1.165) is 12.1 Å². The zero-order chi connectivity index (χ0) is 19.1. The molecule has 0 atom stereocenters. The monoisotopic (exact) mass is 374 g/mol. The highest BCUT2D eigenvalue weighted by Gasteiger charge is 2.10. The van der Waals surface area contributed by atoms with Crippen LogP contribution in [0.3, 0.4) is 0 Å². The van der Waals surface area contributed by atoms with Gasteiger partial charge in [-0.05, 0) is 60.7 Å². The van der Waals surface area contributed by atoms with Crippen molar-refractivity contribution in [1.29, 1.82) is 0 Å². The molecule has 2 aromatic carbocycles. The average Bonchev–Trinajstić information content (AvgIpc) is 2.60. The van der Waals surface area contributed by atoms with E-state index < -0.39 is 17.6 Å². The second kappa shape index (κ2) is 8.67. The quantitative estimate of drug-likeness (QED) is 0.484. The first-order chi connectivity index (χ1) is 12.3. The lowest BCUT2D eigenvalue weighted by Crippen LogP contribution is -2.48. The molecule has 26 heavy (non-hydrogen) atoms. The predicted octanol–water partition coefficient (Wildman–Crippen LogP) is 1.73. The summed E-state index contributed by atoms with van der Waals surface area (Å²) in [5, 5.41) is 4.81. The lowest BCUT2D eigenvalue weighted by atomic mass is 10.2. The molecular weight excluding hydrogens is 359 g/mol. The van der Waals surface area contributed by atoms with Gasteiger partial charge in [-0.1, -0.05) is 0 Å². The topological polar surface area (TPSA) is 99.3 Å². The van der Waals surface area contributed by atoms with Gasteiger partial charge in [0.2, 0.25) is 5.91 Å². The van der Waals surface area contributed by atoms with Crippen LogP contribution in [-0.4, -0.2) is 22.8 Å². The molecule has 3 amide bonds. The third kappa shape index (κ3) is 5.64. The molecule has 0 saturated carbocycles. The van der Waals surface area contributed by atoms with Gasteiger partial charge in [-0.15, -0.1) is 0 Å². The Kier molecular flexibility index (Phi) is 6.34. The number of rotatable bonds is 3. The van der Waals surface area contributed by atoms with E-state index in [9.17, 15) is 18.8 Å². The van der Waals surface area contributed by atoms with Gasteiger partial charge in [0.1, 0.15) is 5.82 Å². The van der Waals surface area contributed by atoms with Gasteiger partial charge in [0.15, 0.2) is 5.11 Å². The minimum atomic E-state index is -0.545. The van der Waals surface area contributed by atoms with Crippen LogP contribution in [0.4, 0.5) is 10.1 Å². The van der Waals surface area contributed by atoms with Crippen LogP contribution in [0.25, 0.3) is 0 Å². The maximum Gasteiger partial charge on any atom is 0.269 e. The molecule has 0 fully saturated rings. The van der Waals surface area contributed by atoms with Gasteiger partial charge < -0.3 is 5.32 Å². The van der Waals surface area contributed by atoms with Crippen LogP contribution in [0.15, 0.2) is 48.5 Å². The molecule has 0 aliphatic heterocycles. The number of hydrogen-bond acceptors (Lipinski definition) is 4. The summed E-state index contributed by atoms with van der Waals surface area (Å²) in [6.07, 6.45) is 0. The lowest BCUT2D eigenvalue weighted by molar-refractivity contribution is -0.114. The fourth-order valence-electron chi connectivity index (χ4n) is 1.90. The maximum atomic E-state index is 12.8. The Morgan fingerprint density at radius 1 is 0.846 bits per heavy atom. The molecule has 0 bridgehead atoms. The molecule has 0 aromatic heterocycles. The summed E-state index contributed by atoms with van der Waals surface area (Å²) in [6.45, 7) is 1.38. The smallest absolute Gasteiger partial charge is 0.269 e. The molecule has 4 N–H and O–H groups in total. The van der Waals surface area contributed by atoms with Crippen LogP contribution in [0.2, 0.25) is 0 Å². The van der Waals surface area contributed by atoms with Crippen molar-refractivity contribution in [2.24, 2.45) is 0 Å². The molecule has 9 heteroatoms. The summed E-state index contributed by atoms with van der Waals surface area (Å²) in [6, 6.07) is 11.1. The molecule has 0 aliphatic carbocycles. The van der Waals surface area contributed by atoms with E-state index in [0.29, 0.717) is 11.3 Å². The molecule has 0 radical (unpaired) electrons. The van der Waals surface area contributed by atoms with Gasteiger partial charge >= 0.3 is 0 Å². The number of anilines is 1. The van der Waals surface area contributed by atoms with Gasteiger partial charge in [-0.3, -0.25) is 30.6 Å². The minimum absolute atomic E-state index is 0.123. The Bertz CT molecular complexity index is 838. The van der Waals surface area contributed by atoms with E-state index in [2.05, 4.69) is 21.5 Å². The Morgan fingerprint density at radius 2 is 1.38 bits per heavy atom. The highest BCUT2D eigenvalue weighted by atomic mass is 32.1. The number of amides is 3. The van der Waals surface area contributed by atoms with Gasteiger partial charge in [0.25, 0.3) is 11.8 Å². The standard InChI is InChI=1S/C17H15FN4O3S/c1-10(23)19-14-8-4-12(5-9-14)16(25)21-22-17(26)20-15(24)11-2-6-13(18)7-3-11/h2-9H,1H3,(H,19,23)(H,21,25)(H2,20,22,24,26). The molecule has 134 valence electrons. The number of carbonyl (C=O) groups is 3. The molecule has 0 aliphatic rings. The SMILES string of the molecule is CC(=O)Nc1ccc(C(=O)NNC(=S)NC(=O)c2ccc(F)cc2)cc1. The number of carbonyl (C=O) groups excluding carboxylic acids is 3. The van der Waals surface area contributed by atoms with E-state index in [-0.39, 0.29) is 16.6 Å². The fraction of sp³-hybridized carbons (Fsp3) is 0.0588. The molecule has 2 rings (SSSR count). The van der Waals surface area contributed by atoms with E-state index in [1.807, 2.05) is 0 Å². The van der Waals surface area contributed by atoms with Crippen molar-refractivity contribution in [3.8, 4) is 0 Å². The summed E-state index contributed by atoms with van der Waals surface area (Å²) in [7, 11) is 0. The highest BCUT2D eigenvalue weighted by molar-refractivity contribution is 7.80. The first kappa shape index (κ1) is 19.0. The second-order valence-corrected chi connectivity index (χ2v) is 5.54. The maximum absolute atomic E-state index is 12.8. The average molecular weight is 374 g/mol. The number of nitrogens with one attached hydrogen (secondary N) is 4. The summed E-state index contributed by atoms with van der Waals surface area (Å²) < 4.78 is 12.8. The summed E-state index contributed by atoms with van der Waals surface area (Å²) in [4.78, 5) is 34.8. The van der Waals surface area contributed by atoms with E-state index in [4.69, 9.17) is 12.2 Å². The summed E-state index contributed by atoms with van der Waals surface area (Å²) in [5.41, 5.74) is 5.82. The van der Waals surface area contributed by atoms with Crippen molar-refractivity contribution >= 4 is 40.7 Å². The third-order valence-corrected chi connectivity index (χ3v) is 3.29. The van der Waals surface area contributed by atoms with E-state index in [1.165, 1.54) is 31.2 Å². The van der Waals surface area contributed by atoms with Crippen LogP contribution in [0, 0.1) is 5.82 Å². The summed E-state index contributed by atoms with van der Waals surface area (Å²) in [5.74, 6) is -1.71. The Morgan fingerprint density at radius 3 is 1.96 bits per heavy atom. The van der Waals surface area contributed by atoms with Crippen LogP contribution in [0.5, 0.6) is 0 Å². The van der Waals surface area contributed by atoms with Crippen molar-refractivity contribution < 1.29 is 18.8 Å². The second-order valence-electron chi connectivity index (χ2n) is 5.13. The molecule has 0 saturated heterocycles. The Hall–Kier alpha value is -3.33. The predicted molar refractivity (Wildman–Crippen MR) is 97.8 cm³/mol.